The topological polar surface area (TPSA) is 337 Å². The van der Waals surface area contributed by atoms with Crippen molar-refractivity contribution in [2.24, 2.45) is 17.8 Å². The third-order valence-electron chi connectivity index (χ3n) is 30.4. The maximum absolute atomic E-state index is 11.9. The van der Waals surface area contributed by atoms with Gasteiger partial charge in [0.1, 0.15) is 46.0 Å². The number of phenols is 8. The number of hydrogen-bond acceptors (Lipinski definition) is 17. The first-order valence-corrected chi connectivity index (χ1v) is 55.7. The van der Waals surface area contributed by atoms with Gasteiger partial charge in [-0.05, 0) is 303 Å². The second-order valence-corrected chi connectivity index (χ2v) is 51.2. The summed E-state index contributed by atoms with van der Waals surface area (Å²) in [6, 6.07) is 48.9. The predicted octanol–water partition coefficient (Wildman–Crippen LogP) is 27.8. The molecule has 1 fully saturated rings. The molecule has 0 bridgehead atoms. The Bertz CT molecular complexity index is 5550. The Balaban J connectivity index is 0.000000222. The van der Waals surface area contributed by atoms with Crippen LogP contribution in [0.4, 0.5) is 0 Å². The van der Waals surface area contributed by atoms with E-state index in [-0.39, 0.29) is 143 Å². The summed E-state index contributed by atoms with van der Waals surface area (Å²) in [6.45, 7) is 55.8. The van der Waals surface area contributed by atoms with E-state index < -0.39 is 11.8 Å². The van der Waals surface area contributed by atoms with E-state index >= 15 is 0 Å². The van der Waals surface area contributed by atoms with Crippen molar-refractivity contribution in [2.45, 2.75) is 395 Å². The molecule has 822 valence electrons. The molecule has 2 aliphatic carbocycles. The van der Waals surface area contributed by atoms with Gasteiger partial charge in [-0.25, -0.2) is 0 Å². The van der Waals surface area contributed by atoms with Crippen LogP contribution in [0.1, 0.15) is 445 Å². The highest BCUT2D eigenvalue weighted by Gasteiger charge is 2.42. The van der Waals surface area contributed by atoms with Crippen LogP contribution in [-0.2, 0) is 94.7 Å². The minimum atomic E-state index is -0.508. The van der Waals surface area contributed by atoms with Gasteiger partial charge in [0.25, 0.3) is 0 Å². The molecular weight excluding hydrogens is 1870 g/mol. The summed E-state index contributed by atoms with van der Waals surface area (Å²) in [5, 5.41) is 170. The molecule has 0 radical (unpaired) electrons. The highest BCUT2D eigenvalue weighted by Crippen LogP contribution is 2.57. The van der Waals surface area contributed by atoms with Crippen LogP contribution in [0.15, 0.2) is 163 Å². The molecule has 0 amide bonds. The number of aromatic nitrogens is 1. The number of rotatable bonds is 36. The number of phenolic OH excluding ortho intramolecular Hbond substituents is 8. The van der Waals surface area contributed by atoms with Gasteiger partial charge in [0.2, 0.25) is 0 Å². The van der Waals surface area contributed by atoms with E-state index in [1.807, 2.05) is 84.9 Å². The SMILES string of the molecule is CC(C)(C)c1cc(CCCO)cc(C(c2cc(CCCO)cc(C(C)(C)C)c2O)C2CCCCC2)c1O.CC(C)(C)c1cc(CCCO)cc(C(c2ccccc2)c2cc(CCCO)cc(C(C)(C)C)c2O)c1O.CC(C)(C)c1cc(CCCO)cc(C(c2ccccn2)c2cc(CCCO)cc(C(C)(C)C)c2O)c1O.CC1=CC(C)C(C(c2cc(CCCO)cc(C(C)(C)C)c2O)c2cc(CCCO)cc(C(C)(C)C)c2O)CC1. The van der Waals surface area contributed by atoms with E-state index in [0.29, 0.717) is 117 Å². The van der Waals surface area contributed by atoms with E-state index in [2.05, 4.69) is 252 Å². The normalized spacial score (nSPS) is 14.7. The summed E-state index contributed by atoms with van der Waals surface area (Å²) in [5.74, 6) is 1.79. The monoisotopic (exact) mass is 2060 g/mol. The molecule has 9 aromatic carbocycles. The van der Waals surface area contributed by atoms with Gasteiger partial charge in [-0.2, -0.15) is 0 Å². The summed E-state index contributed by atoms with van der Waals surface area (Å²) in [7, 11) is 0. The van der Waals surface area contributed by atoms with Crippen molar-refractivity contribution in [3.05, 3.63) is 308 Å². The molecular formula is C133H189NO16. The van der Waals surface area contributed by atoms with Crippen LogP contribution in [-0.4, -0.2) is 140 Å². The first kappa shape index (κ1) is 123. The molecule has 1 heterocycles. The molecule has 10 aromatic rings. The molecule has 12 rings (SSSR count). The van der Waals surface area contributed by atoms with Gasteiger partial charge in [0, 0.05) is 121 Å². The first-order valence-electron chi connectivity index (χ1n) is 55.7. The number of hydrogen-bond donors (Lipinski definition) is 16. The molecule has 0 saturated heterocycles. The lowest BCUT2D eigenvalue weighted by Gasteiger charge is -2.37. The minimum Gasteiger partial charge on any atom is -0.507 e. The maximum Gasteiger partial charge on any atom is 0.123 e. The number of allylic oxidation sites excluding steroid dienone is 2. The second-order valence-electron chi connectivity index (χ2n) is 51.2. The Morgan fingerprint density at radius 3 is 0.720 bits per heavy atom. The Morgan fingerprint density at radius 1 is 0.267 bits per heavy atom. The zero-order valence-electron chi connectivity index (χ0n) is 96.1. The molecule has 1 saturated carbocycles. The average Bonchev–Trinajstić information content (AvgIpc) is 0.761. The highest BCUT2D eigenvalue weighted by atomic mass is 16.3. The van der Waals surface area contributed by atoms with Crippen molar-refractivity contribution in [1.82, 2.24) is 4.98 Å². The standard InChI is InChI=1S/C35H52O4.C33H50O4.C33H44O4.C32H43NO4/c1-22-13-14-26(23(2)17-22)31(27-18-24(11-9-15-36)20-29(32(27)38)34(3,4)5)28-19-25(12-10-16-37)21-30(33(28)39)35(6,7)8;2*1-32(2,3)27-20-22(12-10-16-34)18-25(30(27)36)29(24-14-8-7-9-15-24)26-19-23(13-11-17-35)21-28(31(26)37)33(4,5)6;1-31(2,3)25-19-21(11-9-15-34)17-23(29(25)36)28(27-13-7-8-14-33-27)24-18-22(12-10-16-35)20-26(30(24)37)32(4,5)6/h17-21,23,26,31,36-39H,9-16H2,1-8H3;18-21,24,29,34-37H,7-17H2,1-6H3;7-9,14-15,18-21,29,34-37H,10-13,16-17H2,1-6H3;7-8,13-14,17-20,28,34-37H,9-12,15-16H2,1-6H3. The predicted molar refractivity (Wildman–Crippen MR) is 616 cm³/mol. The number of pyridine rings is 1. The van der Waals surface area contributed by atoms with Gasteiger partial charge in [-0.15, -0.1) is 0 Å². The third-order valence-corrected chi connectivity index (χ3v) is 30.4. The van der Waals surface area contributed by atoms with Gasteiger partial charge in [-0.3, -0.25) is 4.98 Å². The summed E-state index contributed by atoms with van der Waals surface area (Å²) in [6.07, 6.45) is 22.7. The van der Waals surface area contributed by atoms with Crippen LogP contribution >= 0.6 is 0 Å². The van der Waals surface area contributed by atoms with Crippen molar-refractivity contribution in [2.75, 3.05) is 52.9 Å². The molecule has 2 unspecified atom stereocenters. The van der Waals surface area contributed by atoms with Crippen molar-refractivity contribution in [3.8, 4) is 46.0 Å². The Kier molecular flexibility index (Phi) is 44.2. The van der Waals surface area contributed by atoms with Gasteiger partial charge < -0.3 is 81.7 Å². The fourth-order valence-corrected chi connectivity index (χ4v) is 22.3. The highest BCUT2D eigenvalue weighted by molar-refractivity contribution is 5.65. The summed E-state index contributed by atoms with van der Waals surface area (Å²) < 4.78 is 0. The number of nitrogens with zero attached hydrogens (tertiary/aromatic N) is 1. The van der Waals surface area contributed by atoms with Crippen LogP contribution in [0.25, 0.3) is 0 Å². The number of aryl methyl sites for hydroxylation is 8. The fourth-order valence-electron chi connectivity index (χ4n) is 22.3. The quantitative estimate of drug-likeness (QED) is 0.0128. The molecule has 2 atom stereocenters. The molecule has 17 nitrogen and oxygen atoms in total. The molecule has 150 heavy (non-hydrogen) atoms. The van der Waals surface area contributed by atoms with Crippen molar-refractivity contribution < 1.29 is 81.7 Å². The lowest BCUT2D eigenvalue weighted by Crippen LogP contribution is -2.25. The Labute approximate surface area is 900 Å². The average molecular weight is 2060 g/mol. The van der Waals surface area contributed by atoms with E-state index in [0.717, 1.165) is 198 Å². The Hall–Kier alpha value is -10.1. The molecule has 0 spiro atoms. The van der Waals surface area contributed by atoms with Crippen LogP contribution < -0.4 is 0 Å². The number of aliphatic hydroxyl groups excluding tert-OH is 8. The van der Waals surface area contributed by atoms with Crippen LogP contribution in [0.5, 0.6) is 46.0 Å². The summed E-state index contributed by atoms with van der Waals surface area (Å²) >= 11 is 0. The fraction of sp³-hybridized carbons (Fsp3) is 0.541. The van der Waals surface area contributed by atoms with Crippen molar-refractivity contribution in [3.63, 3.8) is 0 Å². The van der Waals surface area contributed by atoms with E-state index in [4.69, 9.17) is 0 Å². The lowest BCUT2D eigenvalue weighted by molar-refractivity contribution is 0.288. The second kappa shape index (κ2) is 53.7. The number of benzene rings is 9. The van der Waals surface area contributed by atoms with E-state index in [9.17, 15) is 81.7 Å². The van der Waals surface area contributed by atoms with Crippen molar-refractivity contribution in [1.29, 1.82) is 0 Å². The van der Waals surface area contributed by atoms with Gasteiger partial charge in [-0.1, -0.05) is 337 Å². The first-order chi connectivity index (χ1) is 70.3. The van der Waals surface area contributed by atoms with E-state index in [1.54, 1.807) is 6.20 Å². The maximum atomic E-state index is 11.9. The molecule has 0 aliphatic heterocycles. The molecule has 17 heteroatoms. The van der Waals surface area contributed by atoms with Gasteiger partial charge >= 0.3 is 0 Å². The minimum absolute atomic E-state index is 0.0906. The largest absolute Gasteiger partial charge is 0.507 e. The summed E-state index contributed by atoms with van der Waals surface area (Å²) in [5.41, 5.74) is 22.9. The van der Waals surface area contributed by atoms with Crippen LogP contribution in [0.2, 0.25) is 0 Å². The smallest absolute Gasteiger partial charge is 0.123 e. The van der Waals surface area contributed by atoms with Gasteiger partial charge in [0.15, 0.2) is 0 Å². The number of aliphatic hydroxyl groups is 8. The van der Waals surface area contributed by atoms with Crippen LogP contribution in [0, 0.1) is 17.8 Å². The molecule has 2 aliphatic rings. The summed E-state index contributed by atoms with van der Waals surface area (Å²) in [4.78, 5) is 4.68. The van der Waals surface area contributed by atoms with E-state index in [1.165, 1.54) is 12.0 Å². The molecule has 16 N–H and O–H groups in total. The zero-order chi connectivity index (χ0) is 111. The zero-order valence-corrected chi connectivity index (χ0v) is 96.1. The number of aromatic hydroxyl groups is 8. The van der Waals surface area contributed by atoms with Gasteiger partial charge in [0.05, 0.1) is 11.6 Å². The molecule has 1 aromatic heterocycles. The Morgan fingerprint density at radius 2 is 0.493 bits per heavy atom. The lowest BCUT2D eigenvalue weighted by atomic mass is 9.67. The van der Waals surface area contributed by atoms with Crippen molar-refractivity contribution >= 4 is 0 Å². The van der Waals surface area contributed by atoms with Crippen LogP contribution in [0.3, 0.4) is 0 Å². The third kappa shape index (κ3) is 32.3.